The Kier molecular flexibility index (Phi) is 7.19. The Labute approximate surface area is 101 Å². The van der Waals surface area contributed by atoms with Crippen molar-refractivity contribution in [2.45, 2.75) is 19.8 Å². The molecule has 0 aliphatic heterocycles. The van der Waals surface area contributed by atoms with Crippen LogP contribution in [0.3, 0.4) is 0 Å². The molecule has 17 heavy (non-hydrogen) atoms. The van der Waals surface area contributed by atoms with Gasteiger partial charge in [0, 0.05) is 19.8 Å². The van der Waals surface area contributed by atoms with Crippen LogP contribution in [-0.4, -0.2) is 42.0 Å². The van der Waals surface area contributed by atoms with Crippen molar-refractivity contribution in [1.82, 2.24) is 10.2 Å². The number of carbonyl (C=O) groups excluding carboxylic acids is 1. The van der Waals surface area contributed by atoms with Crippen LogP contribution in [0, 0.1) is 11.3 Å². The Morgan fingerprint density at radius 2 is 2.18 bits per heavy atom. The number of carboxylic acids is 1. The molecule has 0 saturated heterocycles. The van der Waals surface area contributed by atoms with Crippen LogP contribution in [-0.2, 0) is 9.59 Å². The molecule has 0 unspecified atom stereocenters. The maximum atomic E-state index is 11.4. The molecule has 6 heteroatoms. The van der Waals surface area contributed by atoms with Gasteiger partial charge in [-0.2, -0.15) is 5.26 Å². The van der Waals surface area contributed by atoms with Crippen LogP contribution in [0.25, 0.3) is 0 Å². The number of aliphatic carboxylic acids is 1. The molecule has 0 aromatic carbocycles. The molecule has 0 spiro atoms. The first-order chi connectivity index (χ1) is 8.01. The monoisotopic (exact) mass is 239 g/mol. The zero-order valence-corrected chi connectivity index (χ0v) is 10.1. The van der Waals surface area contributed by atoms with E-state index >= 15 is 0 Å². The predicted octanol–water partition coefficient (Wildman–Crippen LogP) is 0.327. The van der Waals surface area contributed by atoms with E-state index in [2.05, 4.69) is 5.32 Å². The van der Waals surface area contributed by atoms with E-state index in [0.717, 1.165) is 19.4 Å². The van der Waals surface area contributed by atoms with Gasteiger partial charge in [0.15, 0.2) is 0 Å². The van der Waals surface area contributed by atoms with Crippen molar-refractivity contribution in [3.05, 3.63) is 11.8 Å². The number of nitrogens with zero attached hydrogens (tertiary/aromatic N) is 2. The molecule has 6 nitrogen and oxygen atoms in total. The topological polar surface area (TPSA) is 93.4 Å². The zero-order valence-electron chi connectivity index (χ0n) is 10.1. The fourth-order valence-corrected chi connectivity index (χ4v) is 1.08. The summed E-state index contributed by atoms with van der Waals surface area (Å²) in [6, 6.07) is 1.75. The predicted molar refractivity (Wildman–Crippen MR) is 61.9 cm³/mol. The van der Waals surface area contributed by atoms with Gasteiger partial charge in [-0.15, -0.1) is 0 Å². The number of carbonyl (C=O) groups is 2. The lowest BCUT2D eigenvalue weighted by molar-refractivity contribution is -0.137. The van der Waals surface area contributed by atoms with Crippen molar-refractivity contribution in [3.8, 4) is 6.07 Å². The second-order valence-corrected chi connectivity index (χ2v) is 3.57. The maximum absolute atomic E-state index is 11.4. The van der Waals surface area contributed by atoms with Gasteiger partial charge in [-0.1, -0.05) is 13.3 Å². The molecule has 0 radical (unpaired) electrons. The van der Waals surface area contributed by atoms with Gasteiger partial charge in [0.1, 0.15) is 18.2 Å². The van der Waals surface area contributed by atoms with E-state index in [-0.39, 0.29) is 5.57 Å². The van der Waals surface area contributed by atoms with E-state index in [4.69, 9.17) is 10.4 Å². The molecule has 0 rings (SSSR count). The van der Waals surface area contributed by atoms with E-state index < -0.39 is 18.4 Å². The van der Waals surface area contributed by atoms with E-state index in [1.165, 1.54) is 6.20 Å². The summed E-state index contributed by atoms with van der Waals surface area (Å²) in [5.74, 6) is -1.81. The number of hydrogen-bond donors (Lipinski definition) is 2. The lowest BCUT2D eigenvalue weighted by Gasteiger charge is -2.13. The highest BCUT2D eigenvalue weighted by Crippen LogP contribution is 1.98. The first kappa shape index (κ1) is 15.0. The van der Waals surface area contributed by atoms with Crippen molar-refractivity contribution >= 4 is 11.9 Å². The van der Waals surface area contributed by atoms with Crippen LogP contribution < -0.4 is 5.32 Å². The largest absolute Gasteiger partial charge is 0.480 e. The minimum atomic E-state index is -1.14. The number of hydrogen-bond acceptors (Lipinski definition) is 4. The molecule has 94 valence electrons. The zero-order chi connectivity index (χ0) is 13.3. The number of nitrogens with one attached hydrogen (secondary N) is 1. The second kappa shape index (κ2) is 8.16. The van der Waals surface area contributed by atoms with Gasteiger partial charge >= 0.3 is 5.97 Å². The van der Waals surface area contributed by atoms with Crippen LogP contribution in [0.4, 0.5) is 0 Å². The fraction of sp³-hybridized carbons (Fsp3) is 0.545. The summed E-state index contributed by atoms with van der Waals surface area (Å²) < 4.78 is 0. The van der Waals surface area contributed by atoms with Crippen molar-refractivity contribution in [2.75, 3.05) is 20.1 Å². The molecule has 0 aliphatic rings. The summed E-state index contributed by atoms with van der Waals surface area (Å²) in [7, 11) is 1.76. The molecular formula is C11H17N3O3. The molecule has 2 N–H and O–H groups in total. The van der Waals surface area contributed by atoms with Gasteiger partial charge in [-0.3, -0.25) is 9.59 Å². The Morgan fingerprint density at radius 1 is 1.53 bits per heavy atom. The SMILES string of the molecule is CCCCN(C)/C=C(/C#N)C(=O)NCC(=O)O. The lowest BCUT2D eigenvalue weighted by Crippen LogP contribution is -2.31. The quantitative estimate of drug-likeness (QED) is 0.493. The molecule has 0 aromatic rings. The molecule has 0 aliphatic carbocycles. The summed E-state index contributed by atoms with van der Waals surface area (Å²) in [6.45, 7) is 2.30. The number of nitriles is 1. The Balaban J connectivity index is 4.39. The number of rotatable bonds is 7. The Hall–Kier alpha value is -2.03. The first-order valence-electron chi connectivity index (χ1n) is 5.33. The Bertz CT molecular complexity index is 344. The van der Waals surface area contributed by atoms with Crippen LogP contribution in [0.15, 0.2) is 11.8 Å². The average molecular weight is 239 g/mol. The minimum Gasteiger partial charge on any atom is -0.480 e. The van der Waals surface area contributed by atoms with Gasteiger partial charge in [-0.25, -0.2) is 0 Å². The van der Waals surface area contributed by atoms with E-state index in [9.17, 15) is 9.59 Å². The third-order valence-corrected chi connectivity index (χ3v) is 1.98. The van der Waals surface area contributed by atoms with Crippen molar-refractivity contribution in [2.24, 2.45) is 0 Å². The second-order valence-electron chi connectivity index (χ2n) is 3.57. The van der Waals surface area contributed by atoms with Crippen molar-refractivity contribution in [1.29, 1.82) is 5.26 Å². The number of unbranched alkanes of at least 4 members (excludes halogenated alkanes) is 1. The molecular weight excluding hydrogens is 222 g/mol. The van der Waals surface area contributed by atoms with Gasteiger partial charge < -0.3 is 15.3 Å². The van der Waals surface area contributed by atoms with Crippen LogP contribution in [0.2, 0.25) is 0 Å². The summed E-state index contributed by atoms with van der Waals surface area (Å²) in [5.41, 5.74) is -0.0927. The molecule has 0 atom stereocenters. The van der Waals surface area contributed by atoms with Crippen LogP contribution in [0.5, 0.6) is 0 Å². The van der Waals surface area contributed by atoms with Crippen LogP contribution >= 0.6 is 0 Å². The third-order valence-electron chi connectivity index (χ3n) is 1.98. The van der Waals surface area contributed by atoms with Gasteiger partial charge in [0.2, 0.25) is 0 Å². The van der Waals surface area contributed by atoms with E-state index in [1.54, 1.807) is 18.0 Å². The summed E-state index contributed by atoms with van der Waals surface area (Å²) in [5, 5.41) is 19.3. The van der Waals surface area contributed by atoms with Crippen molar-refractivity contribution in [3.63, 3.8) is 0 Å². The molecule has 1 amide bonds. The molecule has 0 aromatic heterocycles. The molecule has 0 heterocycles. The standard InChI is InChI=1S/C11H17N3O3/c1-3-4-5-14(2)8-9(6-12)11(17)13-7-10(15)16/h8H,3-5,7H2,1-2H3,(H,13,17)(H,15,16)/b9-8-. The summed E-state index contributed by atoms with van der Waals surface area (Å²) in [4.78, 5) is 23.4. The first-order valence-corrected chi connectivity index (χ1v) is 5.33. The molecule has 0 fully saturated rings. The van der Waals surface area contributed by atoms with Crippen molar-refractivity contribution < 1.29 is 14.7 Å². The van der Waals surface area contributed by atoms with E-state index in [1.807, 2.05) is 6.92 Å². The number of carboxylic acid groups (broad SMARTS) is 1. The maximum Gasteiger partial charge on any atom is 0.322 e. The van der Waals surface area contributed by atoms with Gasteiger partial charge in [0.05, 0.1) is 0 Å². The van der Waals surface area contributed by atoms with Gasteiger partial charge in [0.25, 0.3) is 5.91 Å². The lowest BCUT2D eigenvalue weighted by atomic mass is 10.2. The Morgan fingerprint density at radius 3 is 2.65 bits per heavy atom. The minimum absolute atomic E-state index is 0.0927. The summed E-state index contributed by atoms with van der Waals surface area (Å²) >= 11 is 0. The highest BCUT2D eigenvalue weighted by molar-refractivity contribution is 5.98. The van der Waals surface area contributed by atoms with Crippen LogP contribution in [0.1, 0.15) is 19.8 Å². The highest BCUT2D eigenvalue weighted by atomic mass is 16.4. The normalized spacial score (nSPS) is 10.5. The van der Waals surface area contributed by atoms with E-state index in [0.29, 0.717) is 0 Å². The van der Waals surface area contributed by atoms with Gasteiger partial charge in [-0.05, 0) is 6.42 Å². The highest BCUT2D eigenvalue weighted by Gasteiger charge is 2.10. The average Bonchev–Trinajstić information content (AvgIpc) is 2.30. The summed E-state index contributed by atoms with van der Waals surface area (Å²) in [6.07, 6.45) is 3.40. The third kappa shape index (κ3) is 6.95. The fourth-order valence-electron chi connectivity index (χ4n) is 1.08. The smallest absolute Gasteiger partial charge is 0.322 e. The number of amides is 1. The molecule has 0 bridgehead atoms. The molecule has 0 saturated carbocycles.